The first-order valence-corrected chi connectivity index (χ1v) is 9.31. The highest BCUT2D eigenvalue weighted by molar-refractivity contribution is 7.89. The fourth-order valence-corrected chi connectivity index (χ4v) is 5.18. The maximum Gasteiger partial charge on any atom is 0.244 e. The van der Waals surface area contributed by atoms with Gasteiger partial charge in [-0.1, -0.05) is 17.7 Å². The van der Waals surface area contributed by atoms with E-state index in [1.165, 1.54) is 0 Å². The highest BCUT2D eigenvalue weighted by Crippen LogP contribution is 2.35. The second-order valence-corrected chi connectivity index (χ2v) is 8.30. The van der Waals surface area contributed by atoms with E-state index in [2.05, 4.69) is 5.32 Å². The van der Waals surface area contributed by atoms with Crippen LogP contribution in [-0.4, -0.2) is 37.9 Å². The molecule has 1 saturated heterocycles. The number of nitrogens with one attached hydrogen (secondary N) is 1. The number of benzene rings is 1. The van der Waals surface area contributed by atoms with Crippen molar-refractivity contribution >= 4 is 21.6 Å². The summed E-state index contributed by atoms with van der Waals surface area (Å²) >= 11 is 6.18. The number of hydrogen-bond donors (Lipinski definition) is 1. The van der Waals surface area contributed by atoms with Crippen LogP contribution in [0.1, 0.15) is 31.2 Å². The van der Waals surface area contributed by atoms with Gasteiger partial charge < -0.3 is 5.32 Å². The molecule has 116 valence electrons. The molecule has 21 heavy (non-hydrogen) atoms. The topological polar surface area (TPSA) is 49.4 Å². The summed E-state index contributed by atoms with van der Waals surface area (Å²) in [6.45, 7) is 3.44. The van der Waals surface area contributed by atoms with Crippen molar-refractivity contribution < 1.29 is 8.42 Å². The third kappa shape index (κ3) is 3.26. The fraction of sp³-hybridized carbons (Fsp3) is 0.600. The monoisotopic (exact) mass is 328 g/mol. The molecule has 1 saturated carbocycles. The van der Waals surface area contributed by atoms with Crippen molar-refractivity contribution in [2.45, 2.75) is 49.6 Å². The SMILES string of the molecule is Cc1ccc(S(=O)(=O)N(CC2CCCN2)C2CC2)c(Cl)c1. The highest BCUT2D eigenvalue weighted by atomic mass is 35.5. The minimum absolute atomic E-state index is 0.148. The third-order valence-electron chi connectivity index (χ3n) is 4.19. The van der Waals surface area contributed by atoms with E-state index in [0.29, 0.717) is 11.6 Å². The van der Waals surface area contributed by atoms with Crippen LogP contribution in [0, 0.1) is 6.92 Å². The summed E-state index contributed by atoms with van der Waals surface area (Å²) in [6.07, 6.45) is 4.07. The summed E-state index contributed by atoms with van der Waals surface area (Å²) in [5, 5.41) is 3.70. The lowest BCUT2D eigenvalue weighted by Gasteiger charge is -2.25. The van der Waals surface area contributed by atoms with Gasteiger partial charge in [0, 0.05) is 18.6 Å². The van der Waals surface area contributed by atoms with Crippen LogP contribution in [0.2, 0.25) is 5.02 Å². The second kappa shape index (κ2) is 5.88. The lowest BCUT2D eigenvalue weighted by atomic mass is 10.2. The van der Waals surface area contributed by atoms with Crippen molar-refractivity contribution in [1.82, 2.24) is 9.62 Å². The molecule has 1 aromatic rings. The van der Waals surface area contributed by atoms with Gasteiger partial charge in [-0.15, -0.1) is 0 Å². The van der Waals surface area contributed by atoms with Crippen LogP contribution in [0.25, 0.3) is 0 Å². The van der Waals surface area contributed by atoms with Crippen LogP contribution >= 0.6 is 11.6 Å². The average molecular weight is 329 g/mol. The summed E-state index contributed by atoms with van der Waals surface area (Å²) in [7, 11) is -3.51. The van der Waals surface area contributed by atoms with Gasteiger partial charge in [0.25, 0.3) is 0 Å². The molecule has 0 spiro atoms. The van der Waals surface area contributed by atoms with E-state index in [9.17, 15) is 8.42 Å². The first-order valence-electron chi connectivity index (χ1n) is 7.50. The summed E-state index contributed by atoms with van der Waals surface area (Å²) in [5.74, 6) is 0. The summed E-state index contributed by atoms with van der Waals surface area (Å²) in [5.41, 5.74) is 0.967. The molecular weight excluding hydrogens is 308 g/mol. The molecule has 1 atom stereocenters. The number of sulfonamides is 1. The fourth-order valence-electron chi connectivity index (χ4n) is 2.88. The predicted octanol–water partition coefficient (Wildman–Crippen LogP) is 2.55. The Bertz CT molecular complexity index is 623. The maximum atomic E-state index is 12.9. The van der Waals surface area contributed by atoms with Gasteiger partial charge in [0.2, 0.25) is 10.0 Å². The van der Waals surface area contributed by atoms with Crippen molar-refractivity contribution in [1.29, 1.82) is 0 Å². The van der Waals surface area contributed by atoms with Gasteiger partial charge in [0.15, 0.2) is 0 Å². The normalized spacial score (nSPS) is 22.9. The number of aryl methyl sites for hydroxylation is 1. The van der Waals surface area contributed by atoms with Crippen LogP contribution in [0.5, 0.6) is 0 Å². The van der Waals surface area contributed by atoms with Gasteiger partial charge >= 0.3 is 0 Å². The molecule has 2 fully saturated rings. The van der Waals surface area contributed by atoms with E-state index in [1.807, 2.05) is 6.92 Å². The molecule has 6 heteroatoms. The van der Waals surface area contributed by atoms with Crippen molar-refractivity contribution in [2.24, 2.45) is 0 Å². The number of nitrogens with zero attached hydrogens (tertiary/aromatic N) is 1. The Morgan fingerprint density at radius 3 is 2.67 bits per heavy atom. The zero-order valence-electron chi connectivity index (χ0n) is 12.2. The Morgan fingerprint density at radius 1 is 1.33 bits per heavy atom. The van der Waals surface area contributed by atoms with Gasteiger partial charge in [-0.3, -0.25) is 0 Å². The molecule has 2 aliphatic rings. The zero-order chi connectivity index (χ0) is 15.0. The molecule has 0 bridgehead atoms. The first-order chi connectivity index (χ1) is 9.98. The van der Waals surface area contributed by atoms with E-state index in [1.54, 1.807) is 22.5 Å². The molecule has 1 N–H and O–H groups in total. The van der Waals surface area contributed by atoms with Crippen molar-refractivity contribution in [2.75, 3.05) is 13.1 Å². The smallest absolute Gasteiger partial charge is 0.244 e. The lowest BCUT2D eigenvalue weighted by molar-refractivity contribution is 0.363. The largest absolute Gasteiger partial charge is 0.313 e. The maximum absolute atomic E-state index is 12.9. The van der Waals surface area contributed by atoms with Crippen molar-refractivity contribution in [3.8, 4) is 0 Å². The molecule has 0 amide bonds. The van der Waals surface area contributed by atoms with Gasteiger partial charge in [0.1, 0.15) is 4.90 Å². The summed E-state index contributed by atoms with van der Waals surface area (Å²) in [6, 6.07) is 5.56. The number of rotatable bonds is 5. The minimum Gasteiger partial charge on any atom is -0.313 e. The van der Waals surface area contributed by atoms with Gasteiger partial charge in [-0.05, 0) is 56.8 Å². The standard InChI is InChI=1S/C15H21ClN2O2S/c1-11-4-7-15(14(16)9-11)21(19,20)18(13-5-6-13)10-12-3-2-8-17-12/h4,7,9,12-13,17H,2-3,5-6,8,10H2,1H3. The Labute approximate surface area is 131 Å². The summed E-state index contributed by atoms with van der Waals surface area (Å²) < 4.78 is 27.6. The molecule has 1 aromatic carbocycles. The summed E-state index contributed by atoms with van der Waals surface area (Å²) in [4.78, 5) is 0.236. The van der Waals surface area contributed by atoms with Crippen LogP contribution in [0.4, 0.5) is 0 Å². The number of hydrogen-bond acceptors (Lipinski definition) is 3. The average Bonchev–Trinajstić information content (AvgIpc) is 3.11. The Hall–Kier alpha value is -0.620. The predicted molar refractivity (Wildman–Crippen MR) is 84.1 cm³/mol. The molecular formula is C15H21ClN2O2S. The van der Waals surface area contributed by atoms with Gasteiger partial charge in [-0.25, -0.2) is 8.42 Å². The molecule has 4 nitrogen and oxygen atoms in total. The van der Waals surface area contributed by atoms with Crippen molar-refractivity contribution in [3.63, 3.8) is 0 Å². The quantitative estimate of drug-likeness (QED) is 0.903. The minimum atomic E-state index is -3.51. The second-order valence-electron chi connectivity index (χ2n) is 6.03. The van der Waals surface area contributed by atoms with Crippen molar-refractivity contribution in [3.05, 3.63) is 28.8 Å². The van der Waals surface area contributed by atoms with Crippen LogP contribution in [-0.2, 0) is 10.0 Å². The van der Waals surface area contributed by atoms with E-state index in [-0.39, 0.29) is 17.0 Å². The first kappa shape index (κ1) is 15.3. The van der Waals surface area contributed by atoms with Crippen LogP contribution in [0.3, 0.4) is 0 Å². The lowest BCUT2D eigenvalue weighted by Crippen LogP contribution is -2.42. The van der Waals surface area contributed by atoms with Gasteiger partial charge in [0.05, 0.1) is 5.02 Å². The van der Waals surface area contributed by atoms with E-state index in [4.69, 9.17) is 11.6 Å². The third-order valence-corrected chi connectivity index (χ3v) is 6.59. The molecule has 1 aliphatic heterocycles. The van der Waals surface area contributed by atoms with Crippen LogP contribution in [0.15, 0.2) is 23.1 Å². The molecule has 1 unspecified atom stereocenters. The Morgan fingerprint density at radius 2 is 2.10 bits per heavy atom. The Kier molecular flexibility index (Phi) is 4.28. The van der Waals surface area contributed by atoms with Crippen LogP contribution < -0.4 is 5.32 Å². The molecule has 1 aliphatic carbocycles. The van der Waals surface area contributed by atoms with E-state index >= 15 is 0 Å². The van der Waals surface area contributed by atoms with E-state index in [0.717, 1.165) is 37.8 Å². The molecule has 0 aromatic heterocycles. The van der Waals surface area contributed by atoms with E-state index < -0.39 is 10.0 Å². The number of halogens is 1. The molecule has 0 radical (unpaired) electrons. The highest BCUT2D eigenvalue weighted by Gasteiger charge is 2.40. The molecule has 1 heterocycles. The zero-order valence-corrected chi connectivity index (χ0v) is 13.8. The molecule has 3 rings (SSSR count). The Balaban J connectivity index is 1.89. The van der Waals surface area contributed by atoms with Gasteiger partial charge in [-0.2, -0.15) is 4.31 Å².